The zero-order valence-electron chi connectivity index (χ0n) is 10.7. The zero-order valence-corrected chi connectivity index (χ0v) is 10.7. The van der Waals surface area contributed by atoms with Crippen LogP contribution in [-0.4, -0.2) is 13.1 Å². The van der Waals surface area contributed by atoms with Crippen LogP contribution in [0.25, 0.3) is 11.6 Å². The summed E-state index contributed by atoms with van der Waals surface area (Å²) in [6, 6.07) is 8.29. The lowest BCUT2D eigenvalue weighted by Crippen LogP contribution is -2.09. The van der Waals surface area contributed by atoms with Crippen LogP contribution in [0.5, 0.6) is 0 Å². The Morgan fingerprint density at radius 1 is 1.16 bits per heavy atom. The van der Waals surface area contributed by atoms with Crippen LogP contribution >= 0.6 is 0 Å². The summed E-state index contributed by atoms with van der Waals surface area (Å²) in [4.78, 5) is 11.6. The van der Waals surface area contributed by atoms with E-state index in [-0.39, 0.29) is 5.97 Å². The van der Waals surface area contributed by atoms with E-state index in [0.29, 0.717) is 12.0 Å². The van der Waals surface area contributed by atoms with Gasteiger partial charge in [-0.05, 0) is 22.3 Å². The van der Waals surface area contributed by atoms with E-state index in [1.807, 2.05) is 30.4 Å². The summed E-state index contributed by atoms with van der Waals surface area (Å²) in [5, 5.41) is 0. The normalized spacial score (nSPS) is 16.4. The van der Waals surface area contributed by atoms with Gasteiger partial charge in [0.15, 0.2) is 0 Å². The van der Waals surface area contributed by atoms with Crippen molar-refractivity contribution in [2.45, 2.75) is 6.42 Å². The molecule has 0 aliphatic heterocycles. The van der Waals surface area contributed by atoms with Crippen molar-refractivity contribution in [3.63, 3.8) is 0 Å². The van der Waals surface area contributed by atoms with Crippen molar-refractivity contribution in [3.05, 3.63) is 70.8 Å². The number of esters is 1. The largest absolute Gasteiger partial charge is 0.466 e. The monoisotopic (exact) mass is 250 g/mol. The number of hydrogen-bond donors (Lipinski definition) is 0. The molecule has 0 saturated heterocycles. The molecule has 0 bridgehead atoms. The first-order valence-corrected chi connectivity index (χ1v) is 6.26. The van der Waals surface area contributed by atoms with Gasteiger partial charge in [-0.1, -0.05) is 54.6 Å². The van der Waals surface area contributed by atoms with E-state index in [0.717, 1.165) is 5.57 Å². The molecule has 3 rings (SSSR count). The van der Waals surface area contributed by atoms with Gasteiger partial charge in [0.2, 0.25) is 0 Å². The van der Waals surface area contributed by atoms with Crippen molar-refractivity contribution in [2.75, 3.05) is 7.11 Å². The van der Waals surface area contributed by atoms with Crippen LogP contribution < -0.4 is 0 Å². The summed E-state index contributed by atoms with van der Waals surface area (Å²) in [6.45, 7) is 0. The molecule has 94 valence electrons. The predicted octanol–water partition coefficient (Wildman–Crippen LogP) is 3.53. The van der Waals surface area contributed by atoms with Crippen molar-refractivity contribution in [1.29, 1.82) is 0 Å². The maximum Gasteiger partial charge on any atom is 0.334 e. The van der Waals surface area contributed by atoms with Gasteiger partial charge in [0.25, 0.3) is 0 Å². The molecular formula is C17H14O2. The maximum atomic E-state index is 11.6. The van der Waals surface area contributed by atoms with Crippen LogP contribution in [0, 0.1) is 0 Å². The maximum absolute atomic E-state index is 11.6. The molecule has 0 N–H and O–H groups in total. The van der Waals surface area contributed by atoms with E-state index in [9.17, 15) is 4.79 Å². The third-order valence-corrected chi connectivity index (χ3v) is 3.45. The standard InChI is InChI=1S/C17H14O2/c1-19-17(18)14-9-10-16-13(11-14)7-4-6-12-5-2-3-8-15(12)16/h2-10H,11H2,1H3. The fraction of sp³-hybridized carbons (Fsp3) is 0.118. The van der Waals surface area contributed by atoms with Crippen LogP contribution in [0.3, 0.4) is 0 Å². The van der Waals surface area contributed by atoms with Crippen molar-refractivity contribution >= 4 is 17.6 Å². The molecule has 2 heteroatoms. The minimum absolute atomic E-state index is 0.252. The first-order valence-electron chi connectivity index (χ1n) is 6.26. The SMILES string of the molecule is COC(=O)C1=CC=C2C(=CC=Cc3ccccc32)C1. The van der Waals surface area contributed by atoms with E-state index in [1.165, 1.54) is 23.8 Å². The Labute approximate surface area is 112 Å². The molecule has 0 aromatic heterocycles. The molecule has 0 unspecified atom stereocenters. The summed E-state index contributed by atoms with van der Waals surface area (Å²) in [5.74, 6) is -0.252. The average Bonchev–Trinajstić information content (AvgIpc) is 2.65. The summed E-state index contributed by atoms with van der Waals surface area (Å²) in [5.41, 5.74) is 5.46. The molecular weight excluding hydrogens is 236 g/mol. The van der Waals surface area contributed by atoms with Crippen molar-refractivity contribution in [3.8, 4) is 0 Å². The number of benzene rings is 1. The fourth-order valence-corrected chi connectivity index (χ4v) is 2.49. The van der Waals surface area contributed by atoms with Crippen LogP contribution in [0.2, 0.25) is 0 Å². The smallest absolute Gasteiger partial charge is 0.334 e. The second-order valence-electron chi connectivity index (χ2n) is 4.58. The number of methoxy groups -OCH3 is 1. The van der Waals surface area contributed by atoms with Gasteiger partial charge < -0.3 is 4.74 Å². The Hall–Kier alpha value is -2.35. The zero-order chi connectivity index (χ0) is 13.2. The number of ether oxygens (including phenoxy) is 1. The Morgan fingerprint density at radius 2 is 2.00 bits per heavy atom. The molecule has 19 heavy (non-hydrogen) atoms. The van der Waals surface area contributed by atoms with E-state index < -0.39 is 0 Å². The van der Waals surface area contributed by atoms with Crippen molar-refractivity contribution < 1.29 is 9.53 Å². The van der Waals surface area contributed by atoms with E-state index in [1.54, 1.807) is 0 Å². The van der Waals surface area contributed by atoms with Gasteiger partial charge in [0.05, 0.1) is 7.11 Å². The third-order valence-electron chi connectivity index (χ3n) is 3.45. The van der Waals surface area contributed by atoms with Crippen molar-refractivity contribution in [1.82, 2.24) is 0 Å². The number of fused-ring (bicyclic) bond motifs is 3. The van der Waals surface area contributed by atoms with Gasteiger partial charge in [-0.2, -0.15) is 0 Å². The molecule has 0 heterocycles. The van der Waals surface area contributed by atoms with Crippen LogP contribution in [-0.2, 0) is 9.53 Å². The van der Waals surface area contributed by atoms with Crippen molar-refractivity contribution in [2.24, 2.45) is 0 Å². The Bertz CT molecular complexity index is 658. The van der Waals surface area contributed by atoms with Gasteiger partial charge in [0.1, 0.15) is 0 Å². The third kappa shape index (κ3) is 2.06. The first-order chi connectivity index (χ1) is 9.29. The molecule has 0 saturated carbocycles. The fourth-order valence-electron chi connectivity index (χ4n) is 2.49. The molecule has 0 spiro atoms. The van der Waals surface area contributed by atoms with Gasteiger partial charge in [-0.15, -0.1) is 0 Å². The van der Waals surface area contributed by atoms with Crippen LogP contribution in [0.1, 0.15) is 17.5 Å². The molecule has 1 aromatic rings. The topological polar surface area (TPSA) is 26.3 Å². The molecule has 0 amide bonds. The van der Waals surface area contributed by atoms with E-state index in [2.05, 4.69) is 24.3 Å². The summed E-state index contributed by atoms with van der Waals surface area (Å²) >= 11 is 0. The highest BCUT2D eigenvalue weighted by Crippen LogP contribution is 2.36. The second-order valence-corrected chi connectivity index (χ2v) is 4.58. The molecule has 2 aliphatic carbocycles. The molecule has 1 aromatic carbocycles. The summed E-state index contributed by atoms with van der Waals surface area (Å²) in [6.07, 6.45) is 10.7. The number of carbonyl (C=O) groups is 1. The Morgan fingerprint density at radius 3 is 2.84 bits per heavy atom. The average molecular weight is 250 g/mol. The van der Waals surface area contributed by atoms with Crippen LogP contribution in [0.15, 0.2) is 59.7 Å². The predicted molar refractivity (Wildman–Crippen MR) is 76.3 cm³/mol. The minimum atomic E-state index is -0.252. The molecule has 0 radical (unpaired) electrons. The Kier molecular flexibility index (Phi) is 2.92. The highest BCUT2D eigenvalue weighted by molar-refractivity contribution is 5.96. The number of rotatable bonds is 1. The second kappa shape index (κ2) is 4.73. The van der Waals surface area contributed by atoms with E-state index in [4.69, 9.17) is 4.74 Å². The van der Waals surface area contributed by atoms with Gasteiger partial charge in [-0.3, -0.25) is 0 Å². The molecule has 0 fully saturated rings. The quantitative estimate of drug-likeness (QED) is 0.713. The summed E-state index contributed by atoms with van der Waals surface area (Å²) < 4.78 is 4.79. The molecule has 2 nitrogen and oxygen atoms in total. The number of hydrogen-bond acceptors (Lipinski definition) is 2. The highest BCUT2D eigenvalue weighted by Gasteiger charge is 2.20. The van der Waals surface area contributed by atoms with Crippen LogP contribution in [0.4, 0.5) is 0 Å². The highest BCUT2D eigenvalue weighted by atomic mass is 16.5. The van der Waals surface area contributed by atoms with Gasteiger partial charge in [0, 0.05) is 12.0 Å². The van der Waals surface area contributed by atoms with Gasteiger partial charge in [-0.25, -0.2) is 4.79 Å². The molecule has 0 atom stereocenters. The number of allylic oxidation sites excluding steroid dienone is 6. The lowest BCUT2D eigenvalue weighted by atomic mass is 9.87. The summed E-state index contributed by atoms with van der Waals surface area (Å²) in [7, 11) is 1.42. The Balaban J connectivity index is 2.10. The molecule has 2 aliphatic rings. The minimum Gasteiger partial charge on any atom is -0.466 e. The lowest BCUT2D eigenvalue weighted by molar-refractivity contribution is -0.136. The number of carbonyl (C=O) groups excluding carboxylic acids is 1. The van der Waals surface area contributed by atoms with Gasteiger partial charge >= 0.3 is 5.97 Å². The van der Waals surface area contributed by atoms with E-state index >= 15 is 0 Å². The lowest BCUT2D eigenvalue weighted by Gasteiger charge is -2.17. The first kappa shape index (κ1) is 11.7.